The van der Waals surface area contributed by atoms with Crippen molar-refractivity contribution in [3.05, 3.63) is 0 Å². The van der Waals surface area contributed by atoms with Crippen LogP contribution in [0.15, 0.2) is 0 Å². The topological polar surface area (TPSA) is 20.3 Å². The summed E-state index contributed by atoms with van der Waals surface area (Å²) < 4.78 is 0. The van der Waals surface area contributed by atoms with E-state index in [1.54, 1.807) is 0 Å². The van der Waals surface area contributed by atoms with Crippen LogP contribution in [-0.2, 0) is 4.79 Å². The van der Waals surface area contributed by atoms with Crippen molar-refractivity contribution in [1.29, 1.82) is 0 Å². The van der Waals surface area contributed by atoms with Crippen molar-refractivity contribution < 1.29 is 4.79 Å². The maximum atomic E-state index is 11.5. The Morgan fingerprint density at radius 1 is 1.62 bits per heavy atom. The third-order valence-corrected chi connectivity index (χ3v) is 2.84. The molecule has 2 nitrogen and oxygen atoms in total. The van der Waals surface area contributed by atoms with Crippen LogP contribution < -0.4 is 0 Å². The number of carbonyl (C=O) groups excluding carboxylic acids is 1. The first-order chi connectivity index (χ1) is 6.27. The van der Waals surface area contributed by atoms with E-state index >= 15 is 0 Å². The van der Waals surface area contributed by atoms with Gasteiger partial charge in [0, 0.05) is 25.4 Å². The molecule has 1 rings (SSSR count). The minimum absolute atomic E-state index is 0.319. The van der Waals surface area contributed by atoms with E-state index in [4.69, 9.17) is 11.6 Å². The lowest BCUT2D eigenvalue weighted by Gasteiger charge is -2.15. The maximum Gasteiger partial charge on any atom is 0.222 e. The summed E-state index contributed by atoms with van der Waals surface area (Å²) in [5, 5.41) is 0. The summed E-state index contributed by atoms with van der Waals surface area (Å²) in [5.74, 6) is 1.69. The number of nitrogens with zero attached hydrogens (tertiary/aromatic N) is 1. The van der Waals surface area contributed by atoms with E-state index in [0.717, 1.165) is 38.2 Å². The molecule has 13 heavy (non-hydrogen) atoms. The first kappa shape index (κ1) is 10.8. The Bertz CT molecular complexity index is 172. The van der Waals surface area contributed by atoms with Gasteiger partial charge in [-0.2, -0.15) is 0 Å². The van der Waals surface area contributed by atoms with Gasteiger partial charge in [-0.3, -0.25) is 4.79 Å². The summed E-state index contributed by atoms with van der Waals surface area (Å²) in [6.07, 6.45) is 3.85. The number of likely N-dealkylation sites (tertiary alicyclic amines) is 1. The van der Waals surface area contributed by atoms with Gasteiger partial charge in [0.05, 0.1) is 0 Å². The average Bonchev–Trinajstić information content (AvgIpc) is 2.54. The molecule has 1 saturated heterocycles. The van der Waals surface area contributed by atoms with Crippen molar-refractivity contribution in [3.63, 3.8) is 0 Å². The molecule has 1 unspecified atom stereocenters. The van der Waals surface area contributed by atoms with Crippen molar-refractivity contribution in [3.8, 4) is 0 Å². The van der Waals surface area contributed by atoms with Crippen LogP contribution in [0.1, 0.15) is 32.6 Å². The Labute approximate surface area is 85.2 Å². The van der Waals surface area contributed by atoms with E-state index in [9.17, 15) is 4.79 Å². The maximum absolute atomic E-state index is 11.5. The minimum Gasteiger partial charge on any atom is -0.342 e. The molecular formula is C10H18ClNO. The van der Waals surface area contributed by atoms with Crippen molar-refractivity contribution >= 4 is 17.5 Å². The Hall–Kier alpha value is -0.240. The van der Waals surface area contributed by atoms with Crippen LogP contribution in [0.3, 0.4) is 0 Å². The van der Waals surface area contributed by atoms with Crippen LogP contribution in [0.25, 0.3) is 0 Å². The van der Waals surface area contributed by atoms with Gasteiger partial charge in [0.1, 0.15) is 0 Å². The Morgan fingerprint density at radius 3 is 3.00 bits per heavy atom. The molecule has 1 amide bonds. The number of alkyl halides is 1. The Balaban J connectivity index is 2.27. The van der Waals surface area contributed by atoms with Gasteiger partial charge in [0.15, 0.2) is 0 Å². The van der Waals surface area contributed by atoms with Crippen molar-refractivity contribution in [1.82, 2.24) is 4.90 Å². The van der Waals surface area contributed by atoms with Crippen LogP contribution in [0, 0.1) is 5.92 Å². The monoisotopic (exact) mass is 203 g/mol. The van der Waals surface area contributed by atoms with E-state index in [0.29, 0.717) is 18.2 Å². The zero-order chi connectivity index (χ0) is 9.68. The first-order valence-electron chi connectivity index (χ1n) is 5.11. The average molecular weight is 204 g/mol. The fourth-order valence-electron chi connectivity index (χ4n) is 1.82. The second-order valence-corrected chi connectivity index (χ2v) is 4.10. The predicted octanol–water partition coefficient (Wildman–Crippen LogP) is 2.26. The number of carbonyl (C=O) groups is 1. The van der Waals surface area contributed by atoms with Crippen molar-refractivity contribution in [2.45, 2.75) is 32.6 Å². The van der Waals surface area contributed by atoms with Crippen LogP contribution in [0.2, 0.25) is 0 Å². The van der Waals surface area contributed by atoms with Gasteiger partial charge in [-0.15, -0.1) is 11.6 Å². The number of hydrogen-bond acceptors (Lipinski definition) is 1. The molecule has 0 radical (unpaired) electrons. The summed E-state index contributed by atoms with van der Waals surface area (Å²) in [6.45, 7) is 3.93. The van der Waals surface area contributed by atoms with Crippen molar-refractivity contribution in [2.24, 2.45) is 5.92 Å². The second-order valence-electron chi connectivity index (χ2n) is 3.72. The highest BCUT2D eigenvalue weighted by atomic mass is 35.5. The highest BCUT2D eigenvalue weighted by molar-refractivity contribution is 6.17. The molecule has 3 heteroatoms. The number of hydrogen-bond donors (Lipinski definition) is 0. The van der Waals surface area contributed by atoms with Gasteiger partial charge in [-0.05, 0) is 25.2 Å². The number of amides is 1. The van der Waals surface area contributed by atoms with E-state index < -0.39 is 0 Å². The van der Waals surface area contributed by atoms with Crippen LogP contribution in [0.4, 0.5) is 0 Å². The zero-order valence-corrected chi connectivity index (χ0v) is 9.02. The molecule has 1 fully saturated rings. The van der Waals surface area contributed by atoms with Crippen molar-refractivity contribution in [2.75, 3.05) is 19.0 Å². The van der Waals surface area contributed by atoms with Gasteiger partial charge in [0.25, 0.3) is 0 Å². The van der Waals surface area contributed by atoms with E-state index in [-0.39, 0.29) is 0 Å². The van der Waals surface area contributed by atoms with Gasteiger partial charge < -0.3 is 4.90 Å². The highest BCUT2D eigenvalue weighted by Crippen LogP contribution is 2.20. The minimum atomic E-state index is 0.319. The summed E-state index contributed by atoms with van der Waals surface area (Å²) in [4.78, 5) is 13.5. The van der Waals surface area contributed by atoms with Crippen LogP contribution in [-0.4, -0.2) is 29.8 Å². The standard InChI is InChI=1S/C10H18ClNO/c1-2-3-10(13)12-7-5-9(8-12)4-6-11/h9H,2-8H2,1H3. The molecule has 1 heterocycles. The molecule has 0 saturated carbocycles. The summed E-state index contributed by atoms with van der Waals surface area (Å²) in [7, 11) is 0. The smallest absolute Gasteiger partial charge is 0.222 e. The number of rotatable bonds is 4. The number of halogens is 1. The zero-order valence-electron chi connectivity index (χ0n) is 8.26. The lowest BCUT2D eigenvalue weighted by molar-refractivity contribution is -0.130. The molecule has 0 N–H and O–H groups in total. The molecular weight excluding hydrogens is 186 g/mol. The predicted molar refractivity (Wildman–Crippen MR) is 54.9 cm³/mol. The summed E-state index contributed by atoms with van der Waals surface area (Å²) in [6, 6.07) is 0. The van der Waals surface area contributed by atoms with Crippen LogP contribution in [0.5, 0.6) is 0 Å². The quantitative estimate of drug-likeness (QED) is 0.642. The fraction of sp³-hybridized carbons (Fsp3) is 0.900. The molecule has 1 aliphatic rings. The van der Waals surface area contributed by atoms with Gasteiger partial charge in [-0.25, -0.2) is 0 Å². The van der Waals surface area contributed by atoms with E-state index in [1.807, 2.05) is 11.8 Å². The molecule has 1 atom stereocenters. The molecule has 0 aliphatic carbocycles. The summed E-state index contributed by atoms with van der Waals surface area (Å²) >= 11 is 5.67. The fourth-order valence-corrected chi connectivity index (χ4v) is 2.13. The van der Waals surface area contributed by atoms with Gasteiger partial charge in [0.2, 0.25) is 5.91 Å². The van der Waals surface area contributed by atoms with Crippen LogP contribution >= 0.6 is 11.6 Å². The highest BCUT2D eigenvalue weighted by Gasteiger charge is 2.24. The second kappa shape index (κ2) is 5.48. The van der Waals surface area contributed by atoms with E-state index in [1.165, 1.54) is 0 Å². The third kappa shape index (κ3) is 3.18. The molecule has 0 aromatic carbocycles. The Morgan fingerprint density at radius 2 is 2.38 bits per heavy atom. The normalized spacial score (nSPS) is 22.3. The molecule has 0 aromatic heterocycles. The van der Waals surface area contributed by atoms with Gasteiger partial charge >= 0.3 is 0 Å². The molecule has 76 valence electrons. The molecule has 1 aliphatic heterocycles. The molecule has 0 spiro atoms. The van der Waals surface area contributed by atoms with E-state index in [2.05, 4.69) is 0 Å². The lowest BCUT2D eigenvalue weighted by atomic mass is 10.1. The largest absolute Gasteiger partial charge is 0.342 e. The summed E-state index contributed by atoms with van der Waals surface area (Å²) in [5.41, 5.74) is 0. The Kier molecular flexibility index (Phi) is 4.57. The molecule has 0 aromatic rings. The third-order valence-electron chi connectivity index (χ3n) is 2.62. The van der Waals surface area contributed by atoms with Gasteiger partial charge in [-0.1, -0.05) is 6.92 Å². The molecule has 0 bridgehead atoms. The lowest BCUT2D eigenvalue weighted by Crippen LogP contribution is -2.28. The first-order valence-corrected chi connectivity index (χ1v) is 5.65. The SMILES string of the molecule is CCCC(=O)N1CCC(CCCl)C1.